The monoisotopic (exact) mass is 233 g/mol. The molecular weight excluding hydrogens is 218 g/mol. The van der Waals surface area contributed by atoms with Gasteiger partial charge in [0.05, 0.1) is 10.6 Å². The molecule has 0 amide bonds. The first-order chi connectivity index (χ1) is 7.50. The highest BCUT2D eigenvalue weighted by atomic mass is 32.1. The minimum Gasteiger partial charge on any atom is -0.355 e. The second-order valence-electron chi connectivity index (χ2n) is 4.11. The second kappa shape index (κ2) is 3.91. The molecule has 0 unspecified atom stereocenters. The predicted molar refractivity (Wildman–Crippen MR) is 67.5 cm³/mol. The van der Waals surface area contributed by atoms with Gasteiger partial charge in [-0.05, 0) is 51.0 Å². The van der Waals surface area contributed by atoms with Crippen LogP contribution in [0.1, 0.15) is 37.1 Å². The van der Waals surface area contributed by atoms with E-state index in [1.165, 1.54) is 10.4 Å². The minimum absolute atomic E-state index is 0.104. The van der Waals surface area contributed by atoms with Crippen molar-refractivity contribution in [2.24, 2.45) is 0 Å². The van der Waals surface area contributed by atoms with Gasteiger partial charge in [-0.2, -0.15) is 0 Å². The van der Waals surface area contributed by atoms with Gasteiger partial charge in [0.25, 0.3) is 0 Å². The molecule has 3 heteroatoms. The molecule has 0 aliphatic heterocycles. The van der Waals surface area contributed by atoms with Crippen LogP contribution in [0.15, 0.2) is 12.1 Å². The quantitative estimate of drug-likeness (QED) is 0.791. The van der Waals surface area contributed by atoms with Crippen LogP contribution >= 0.6 is 11.3 Å². The lowest BCUT2D eigenvalue weighted by atomic mass is 10.1. The number of thiophene rings is 1. The van der Waals surface area contributed by atoms with Gasteiger partial charge in [-0.25, -0.2) is 0 Å². The third-order valence-corrected chi connectivity index (χ3v) is 4.00. The number of aromatic amines is 1. The highest BCUT2D eigenvalue weighted by Crippen LogP contribution is 2.23. The lowest BCUT2D eigenvalue weighted by Gasteiger charge is -1.96. The van der Waals surface area contributed by atoms with Crippen LogP contribution in [-0.2, 0) is 0 Å². The zero-order valence-corrected chi connectivity index (χ0v) is 10.8. The molecule has 0 fully saturated rings. The number of aromatic nitrogens is 1. The first-order valence-corrected chi connectivity index (χ1v) is 6.09. The molecule has 2 nitrogen and oxygen atoms in total. The Bertz CT molecular complexity index is 548. The summed E-state index contributed by atoms with van der Waals surface area (Å²) in [6, 6.07) is 3.88. The van der Waals surface area contributed by atoms with Crippen molar-refractivity contribution in [1.82, 2.24) is 4.98 Å². The Labute approximate surface area is 99.3 Å². The minimum atomic E-state index is 0.104. The Balaban J connectivity index is 2.45. The fourth-order valence-electron chi connectivity index (χ4n) is 1.75. The molecule has 0 radical (unpaired) electrons. The van der Waals surface area contributed by atoms with E-state index in [2.05, 4.69) is 4.98 Å². The maximum atomic E-state index is 12.2. The number of H-pyrrole nitrogens is 1. The largest absolute Gasteiger partial charge is 0.355 e. The summed E-state index contributed by atoms with van der Waals surface area (Å²) < 4.78 is 0. The zero-order valence-electron chi connectivity index (χ0n) is 9.97. The summed E-state index contributed by atoms with van der Waals surface area (Å²) in [7, 11) is 0. The Morgan fingerprint density at radius 3 is 2.25 bits per heavy atom. The number of hydrogen-bond acceptors (Lipinski definition) is 2. The summed E-state index contributed by atoms with van der Waals surface area (Å²) in [6.45, 7) is 8.04. The molecule has 0 bridgehead atoms. The molecule has 1 N–H and O–H groups in total. The molecule has 16 heavy (non-hydrogen) atoms. The second-order valence-corrected chi connectivity index (χ2v) is 5.40. The average molecular weight is 233 g/mol. The summed E-state index contributed by atoms with van der Waals surface area (Å²) in [5, 5.41) is 0. The van der Waals surface area contributed by atoms with Gasteiger partial charge in [0.15, 0.2) is 0 Å². The summed E-state index contributed by atoms with van der Waals surface area (Å²) in [5.41, 5.74) is 4.05. The highest BCUT2D eigenvalue weighted by Gasteiger charge is 2.17. The van der Waals surface area contributed by atoms with Gasteiger partial charge < -0.3 is 4.98 Å². The van der Waals surface area contributed by atoms with E-state index in [-0.39, 0.29) is 5.78 Å². The van der Waals surface area contributed by atoms with Crippen molar-refractivity contribution in [1.29, 1.82) is 0 Å². The summed E-state index contributed by atoms with van der Waals surface area (Å²) >= 11 is 1.54. The van der Waals surface area contributed by atoms with E-state index < -0.39 is 0 Å². The lowest BCUT2D eigenvalue weighted by Crippen LogP contribution is -2.01. The first kappa shape index (κ1) is 11.1. The smallest absolute Gasteiger partial charge is 0.219 e. The number of carbonyl (C=O) groups excluding carboxylic acids is 1. The summed E-state index contributed by atoms with van der Waals surface area (Å²) in [4.78, 5) is 17.4. The van der Waals surface area contributed by atoms with Crippen molar-refractivity contribution in [2.75, 3.05) is 0 Å². The van der Waals surface area contributed by atoms with Crippen LogP contribution in [0.25, 0.3) is 0 Å². The van der Waals surface area contributed by atoms with E-state index in [0.717, 1.165) is 21.8 Å². The summed E-state index contributed by atoms with van der Waals surface area (Å²) in [6.07, 6.45) is 0. The summed E-state index contributed by atoms with van der Waals surface area (Å²) in [5.74, 6) is 0.104. The zero-order chi connectivity index (χ0) is 11.9. The normalized spacial score (nSPS) is 10.8. The molecule has 0 aliphatic carbocycles. The maximum absolute atomic E-state index is 12.2. The number of rotatable bonds is 2. The maximum Gasteiger partial charge on any atom is 0.219 e. The average Bonchev–Trinajstić information content (AvgIpc) is 2.78. The van der Waals surface area contributed by atoms with Crippen LogP contribution in [0.5, 0.6) is 0 Å². The lowest BCUT2D eigenvalue weighted by molar-refractivity contribution is 0.103. The fourth-order valence-corrected chi connectivity index (χ4v) is 2.56. The van der Waals surface area contributed by atoms with Gasteiger partial charge >= 0.3 is 0 Å². The van der Waals surface area contributed by atoms with Crippen molar-refractivity contribution in [3.05, 3.63) is 44.4 Å². The van der Waals surface area contributed by atoms with E-state index in [1.807, 2.05) is 39.8 Å². The number of aryl methyl sites for hydroxylation is 2. The van der Waals surface area contributed by atoms with Crippen molar-refractivity contribution in [3.8, 4) is 0 Å². The third kappa shape index (κ3) is 1.71. The highest BCUT2D eigenvalue weighted by molar-refractivity contribution is 7.14. The number of nitrogens with one attached hydrogen (secondary N) is 1. The Morgan fingerprint density at radius 1 is 1.12 bits per heavy atom. The fraction of sp³-hybridized carbons (Fsp3) is 0.308. The molecule has 0 saturated carbocycles. The van der Waals surface area contributed by atoms with E-state index >= 15 is 0 Å². The van der Waals surface area contributed by atoms with Crippen LogP contribution in [0.4, 0.5) is 0 Å². The molecule has 0 aromatic carbocycles. The molecular formula is C13H15NOS. The van der Waals surface area contributed by atoms with E-state index in [1.54, 1.807) is 11.3 Å². The number of ketones is 1. The standard InChI is InChI=1S/C13H15NOS/c1-7-5-6-11(16-7)13(15)12-9(3)8(2)10(4)14-12/h5-6,14H,1-4H3. The topological polar surface area (TPSA) is 32.9 Å². The Kier molecular flexibility index (Phi) is 2.72. The molecule has 0 saturated heterocycles. The van der Waals surface area contributed by atoms with Gasteiger partial charge in [0.2, 0.25) is 5.78 Å². The van der Waals surface area contributed by atoms with Gasteiger partial charge in [-0.15, -0.1) is 11.3 Å². The van der Waals surface area contributed by atoms with Gasteiger partial charge in [-0.3, -0.25) is 4.79 Å². The van der Waals surface area contributed by atoms with Crippen molar-refractivity contribution in [2.45, 2.75) is 27.7 Å². The van der Waals surface area contributed by atoms with E-state index in [4.69, 9.17) is 0 Å². The first-order valence-electron chi connectivity index (χ1n) is 5.27. The van der Waals surface area contributed by atoms with E-state index in [0.29, 0.717) is 0 Å². The SMILES string of the molecule is Cc1ccc(C(=O)c2[nH]c(C)c(C)c2C)s1. The van der Waals surface area contributed by atoms with Crippen LogP contribution in [0, 0.1) is 27.7 Å². The molecule has 2 aromatic heterocycles. The van der Waals surface area contributed by atoms with Gasteiger partial charge in [-0.1, -0.05) is 0 Å². The van der Waals surface area contributed by atoms with Gasteiger partial charge in [0, 0.05) is 10.6 Å². The van der Waals surface area contributed by atoms with Crippen LogP contribution in [-0.4, -0.2) is 10.8 Å². The third-order valence-electron chi connectivity index (χ3n) is 3.00. The molecule has 0 spiro atoms. The van der Waals surface area contributed by atoms with E-state index in [9.17, 15) is 4.79 Å². The van der Waals surface area contributed by atoms with Crippen LogP contribution in [0.3, 0.4) is 0 Å². The Morgan fingerprint density at radius 2 is 1.81 bits per heavy atom. The van der Waals surface area contributed by atoms with Crippen LogP contribution < -0.4 is 0 Å². The Hall–Kier alpha value is -1.35. The van der Waals surface area contributed by atoms with Crippen LogP contribution in [0.2, 0.25) is 0 Å². The van der Waals surface area contributed by atoms with Crippen molar-refractivity contribution >= 4 is 17.1 Å². The van der Waals surface area contributed by atoms with Crippen molar-refractivity contribution in [3.63, 3.8) is 0 Å². The molecule has 2 heterocycles. The molecule has 0 aliphatic rings. The molecule has 2 aromatic rings. The molecule has 2 rings (SSSR count). The number of hydrogen-bond donors (Lipinski definition) is 1. The number of carbonyl (C=O) groups is 1. The van der Waals surface area contributed by atoms with Crippen molar-refractivity contribution < 1.29 is 4.79 Å². The van der Waals surface area contributed by atoms with Gasteiger partial charge in [0.1, 0.15) is 0 Å². The molecule has 84 valence electrons. The predicted octanol–water partition coefficient (Wildman–Crippen LogP) is 3.54. The molecule has 0 atom stereocenters.